The third-order valence-corrected chi connectivity index (χ3v) is 4.68. The molecule has 3 aliphatic rings. The summed E-state index contributed by atoms with van der Waals surface area (Å²) in [5, 5.41) is 11.2. The van der Waals surface area contributed by atoms with Crippen LogP contribution in [-0.2, 0) is 0 Å². The van der Waals surface area contributed by atoms with Crippen molar-refractivity contribution in [2.24, 2.45) is 5.92 Å². The van der Waals surface area contributed by atoms with Crippen molar-refractivity contribution in [3.8, 4) is 0 Å². The number of amides is 1. The van der Waals surface area contributed by atoms with E-state index < -0.39 is 0 Å². The molecular weight excluding hydrogens is 254 g/mol. The monoisotopic (exact) mass is 275 g/mol. The molecule has 1 aromatic rings. The van der Waals surface area contributed by atoms with Crippen molar-refractivity contribution in [2.45, 2.75) is 50.7 Å². The summed E-state index contributed by atoms with van der Waals surface area (Å²) in [6.45, 7) is 4.30. The fourth-order valence-electron chi connectivity index (χ4n) is 3.07. The number of hydrogen-bond donors (Lipinski definition) is 1. The van der Waals surface area contributed by atoms with Gasteiger partial charge in [-0.15, -0.1) is 5.10 Å². The average molecular weight is 275 g/mol. The molecule has 1 aromatic heterocycles. The van der Waals surface area contributed by atoms with Crippen LogP contribution >= 0.6 is 0 Å². The maximum atomic E-state index is 12.2. The molecule has 1 N–H and O–H groups in total. The lowest BCUT2D eigenvalue weighted by atomic mass is 10.1. The van der Waals surface area contributed by atoms with E-state index in [1.165, 1.54) is 12.8 Å². The fourth-order valence-corrected chi connectivity index (χ4v) is 3.07. The van der Waals surface area contributed by atoms with Crippen LogP contribution in [0.2, 0.25) is 0 Å². The zero-order valence-electron chi connectivity index (χ0n) is 11.8. The fraction of sp³-hybridized carbons (Fsp3) is 0.786. The molecule has 0 aromatic carbocycles. The molecular formula is C14H21N5O. The zero-order valence-corrected chi connectivity index (χ0v) is 11.8. The van der Waals surface area contributed by atoms with Gasteiger partial charge in [0.25, 0.3) is 5.91 Å². The van der Waals surface area contributed by atoms with Crippen LogP contribution in [0.25, 0.3) is 0 Å². The van der Waals surface area contributed by atoms with Gasteiger partial charge in [0.05, 0.1) is 12.2 Å². The first-order valence-corrected chi connectivity index (χ1v) is 7.67. The van der Waals surface area contributed by atoms with Crippen molar-refractivity contribution in [1.82, 2.24) is 25.2 Å². The van der Waals surface area contributed by atoms with Gasteiger partial charge in [0.15, 0.2) is 5.69 Å². The van der Waals surface area contributed by atoms with Crippen LogP contribution < -0.4 is 5.32 Å². The van der Waals surface area contributed by atoms with Gasteiger partial charge < -0.3 is 5.32 Å². The van der Waals surface area contributed by atoms with Crippen molar-refractivity contribution in [1.29, 1.82) is 0 Å². The Labute approximate surface area is 118 Å². The molecule has 1 saturated heterocycles. The molecule has 20 heavy (non-hydrogen) atoms. The SMILES string of the molecule is C[C@@H]1CN(C2CC2)C[C@H]1NC(=O)c1cn(C2CC2)nn1. The Morgan fingerprint density at radius 2 is 2.00 bits per heavy atom. The van der Waals surface area contributed by atoms with Crippen LogP contribution in [0.5, 0.6) is 0 Å². The quantitative estimate of drug-likeness (QED) is 0.884. The molecule has 1 amide bonds. The number of likely N-dealkylation sites (tertiary alicyclic amines) is 1. The molecule has 0 unspecified atom stereocenters. The molecule has 6 heteroatoms. The predicted molar refractivity (Wildman–Crippen MR) is 73.3 cm³/mol. The Morgan fingerprint density at radius 1 is 1.25 bits per heavy atom. The second-order valence-corrected chi connectivity index (χ2v) is 6.56. The normalized spacial score (nSPS) is 30.6. The number of carbonyl (C=O) groups is 1. The van der Waals surface area contributed by atoms with Gasteiger partial charge >= 0.3 is 0 Å². The zero-order chi connectivity index (χ0) is 13.7. The Hall–Kier alpha value is -1.43. The lowest BCUT2D eigenvalue weighted by Gasteiger charge is -2.16. The second kappa shape index (κ2) is 4.55. The third-order valence-electron chi connectivity index (χ3n) is 4.68. The Morgan fingerprint density at radius 3 is 2.70 bits per heavy atom. The van der Waals surface area contributed by atoms with E-state index in [-0.39, 0.29) is 11.9 Å². The van der Waals surface area contributed by atoms with Gasteiger partial charge in [0, 0.05) is 25.2 Å². The van der Waals surface area contributed by atoms with Crippen LogP contribution in [0.1, 0.15) is 49.1 Å². The van der Waals surface area contributed by atoms with Gasteiger partial charge in [0.2, 0.25) is 0 Å². The summed E-state index contributed by atoms with van der Waals surface area (Å²) in [7, 11) is 0. The van der Waals surface area contributed by atoms with E-state index >= 15 is 0 Å². The maximum Gasteiger partial charge on any atom is 0.273 e. The average Bonchev–Trinajstić information content (AvgIpc) is 3.36. The summed E-state index contributed by atoms with van der Waals surface area (Å²) >= 11 is 0. The minimum atomic E-state index is -0.0774. The number of hydrogen-bond acceptors (Lipinski definition) is 4. The van der Waals surface area contributed by atoms with E-state index in [0.717, 1.165) is 32.0 Å². The molecule has 2 aliphatic carbocycles. The highest BCUT2D eigenvalue weighted by Gasteiger charge is 2.39. The topological polar surface area (TPSA) is 63.1 Å². The van der Waals surface area contributed by atoms with Crippen molar-refractivity contribution < 1.29 is 4.79 Å². The number of nitrogens with one attached hydrogen (secondary N) is 1. The number of carbonyl (C=O) groups excluding carboxylic acids is 1. The van der Waals surface area contributed by atoms with E-state index in [1.54, 1.807) is 6.20 Å². The molecule has 108 valence electrons. The smallest absolute Gasteiger partial charge is 0.273 e. The minimum Gasteiger partial charge on any atom is -0.346 e. The minimum absolute atomic E-state index is 0.0774. The third kappa shape index (κ3) is 2.32. The van der Waals surface area contributed by atoms with E-state index in [2.05, 4.69) is 27.5 Å². The Balaban J connectivity index is 1.38. The molecule has 3 fully saturated rings. The van der Waals surface area contributed by atoms with Gasteiger partial charge in [-0.25, -0.2) is 4.68 Å². The summed E-state index contributed by atoms with van der Waals surface area (Å²) in [5.41, 5.74) is 0.453. The van der Waals surface area contributed by atoms with Crippen LogP contribution in [-0.4, -0.2) is 51.0 Å². The van der Waals surface area contributed by atoms with E-state index in [4.69, 9.17) is 0 Å². The molecule has 2 heterocycles. The highest BCUT2D eigenvalue weighted by Crippen LogP contribution is 2.34. The van der Waals surface area contributed by atoms with E-state index in [1.807, 2.05) is 4.68 Å². The Kier molecular flexibility index (Phi) is 2.80. The van der Waals surface area contributed by atoms with Crippen molar-refractivity contribution in [3.63, 3.8) is 0 Å². The summed E-state index contributed by atoms with van der Waals surface area (Å²) < 4.78 is 1.82. The maximum absolute atomic E-state index is 12.2. The number of nitrogens with zero attached hydrogens (tertiary/aromatic N) is 4. The van der Waals surface area contributed by atoms with Crippen molar-refractivity contribution in [2.75, 3.05) is 13.1 Å². The van der Waals surface area contributed by atoms with Gasteiger partial charge in [-0.1, -0.05) is 12.1 Å². The van der Waals surface area contributed by atoms with Crippen LogP contribution in [0.4, 0.5) is 0 Å². The summed E-state index contributed by atoms with van der Waals surface area (Å²) in [4.78, 5) is 14.8. The predicted octanol–water partition coefficient (Wildman–Crippen LogP) is 0.825. The Bertz CT molecular complexity index is 519. The molecule has 4 rings (SSSR count). The van der Waals surface area contributed by atoms with Gasteiger partial charge in [-0.3, -0.25) is 9.69 Å². The first kappa shape index (κ1) is 12.3. The summed E-state index contributed by atoms with van der Waals surface area (Å²) in [6.07, 6.45) is 6.73. The molecule has 0 spiro atoms. The molecule has 2 saturated carbocycles. The standard InChI is InChI=1S/C14H21N5O/c1-9-6-18(10-2-3-10)7-12(9)15-14(20)13-8-19(17-16-13)11-4-5-11/h8-12H,2-7H2,1H3,(H,15,20)/t9-,12-/m1/s1. The highest BCUT2D eigenvalue weighted by atomic mass is 16.2. The molecule has 6 nitrogen and oxygen atoms in total. The van der Waals surface area contributed by atoms with Crippen molar-refractivity contribution >= 4 is 5.91 Å². The lowest BCUT2D eigenvalue weighted by molar-refractivity contribution is 0.0926. The first-order valence-electron chi connectivity index (χ1n) is 7.67. The molecule has 2 atom stereocenters. The van der Waals surface area contributed by atoms with Crippen LogP contribution in [0.15, 0.2) is 6.20 Å². The lowest BCUT2D eigenvalue weighted by Crippen LogP contribution is -2.40. The van der Waals surface area contributed by atoms with E-state index in [9.17, 15) is 4.79 Å². The van der Waals surface area contributed by atoms with Gasteiger partial charge in [-0.05, 0) is 31.6 Å². The summed E-state index contributed by atoms with van der Waals surface area (Å²) in [5.74, 6) is 0.435. The second-order valence-electron chi connectivity index (χ2n) is 6.56. The molecule has 0 bridgehead atoms. The highest BCUT2D eigenvalue weighted by molar-refractivity contribution is 5.92. The van der Waals surface area contributed by atoms with Gasteiger partial charge in [-0.2, -0.15) is 0 Å². The first-order chi connectivity index (χ1) is 9.70. The molecule has 1 aliphatic heterocycles. The number of aromatic nitrogens is 3. The number of rotatable bonds is 4. The van der Waals surface area contributed by atoms with E-state index in [0.29, 0.717) is 17.7 Å². The van der Waals surface area contributed by atoms with Crippen LogP contribution in [0, 0.1) is 5.92 Å². The molecule has 0 radical (unpaired) electrons. The van der Waals surface area contributed by atoms with Gasteiger partial charge in [0.1, 0.15) is 0 Å². The summed E-state index contributed by atoms with van der Waals surface area (Å²) in [6, 6.07) is 1.49. The largest absolute Gasteiger partial charge is 0.346 e. The van der Waals surface area contributed by atoms with Crippen molar-refractivity contribution in [3.05, 3.63) is 11.9 Å². The van der Waals surface area contributed by atoms with Crippen LogP contribution in [0.3, 0.4) is 0 Å².